The van der Waals surface area contributed by atoms with Gasteiger partial charge in [0.1, 0.15) is 0 Å². The smallest absolute Gasteiger partial charge is 0.387 e. The second-order valence-electron chi connectivity index (χ2n) is 10.3. The normalized spacial score (nSPS) is 17.6. The first-order valence-electron chi connectivity index (χ1n) is 14.1. The zero-order valence-electron chi connectivity index (χ0n) is 22.6. The number of tetrazole rings is 1. The first kappa shape index (κ1) is 27.1. The molecule has 2 aromatic carbocycles. The van der Waals surface area contributed by atoms with E-state index in [1.807, 2.05) is 36.4 Å². The molecule has 2 fully saturated rings. The van der Waals surface area contributed by atoms with Crippen LogP contribution in [0.2, 0.25) is 0 Å². The summed E-state index contributed by atoms with van der Waals surface area (Å²) in [5, 5.41) is 13.0. The third-order valence-electron chi connectivity index (χ3n) is 7.39. The lowest BCUT2D eigenvalue weighted by molar-refractivity contribution is -0.0520. The number of hydrogen-bond acceptors (Lipinski definition) is 8. The molecule has 2 aliphatic rings. The molecule has 0 amide bonds. The van der Waals surface area contributed by atoms with Crippen molar-refractivity contribution in [3.8, 4) is 22.9 Å². The maximum Gasteiger partial charge on any atom is 0.387 e. The van der Waals surface area contributed by atoms with E-state index in [4.69, 9.17) is 14.2 Å². The molecule has 0 radical (unpaired) electrons. The zero-order chi connectivity index (χ0) is 28.0. The molecule has 3 heterocycles. The predicted octanol–water partition coefficient (Wildman–Crippen LogP) is 6.70. The van der Waals surface area contributed by atoms with E-state index in [-0.39, 0.29) is 18.1 Å². The van der Waals surface area contributed by atoms with Crippen molar-refractivity contribution in [2.45, 2.75) is 70.4 Å². The Morgan fingerprint density at radius 3 is 2.49 bits per heavy atom. The van der Waals surface area contributed by atoms with Crippen molar-refractivity contribution >= 4 is 11.4 Å². The highest BCUT2D eigenvalue weighted by atomic mass is 19.3. The Labute approximate surface area is 237 Å². The Kier molecular flexibility index (Phi) is 8.31. The summed E-state index contributed by atoms with van der Waals surface area (Å²) in [5.74, 6) is 0.863. The fourth-order valence-electron chi connectivity index (χ4n) is 5.30. The highest BCUT2D eigenvalue weighted by Gasteiger charge is 2.23. The molecule has 0 bridgehead atoms. The maximum absolute atomic E-state index is 13.2. The molecule has 1 aliphatic carbocycles. The first-order valence-corrected chi connectivity index (χ1v) is 14.1. The maximum atomic E-state index is 13.2. The molecule has 0 spiro atoms. The Hall–Kier alpha value is -4.12. The van der Waals surface area contributed by atoms with Gasteiger partial charge in [-0.25, -0.2) is 0 Å². The molecule has 11 heteroatoms. The second-order valence-corrected chi connectivity index (χ2v) is 10.3. The fraction of sp³-hybridized carbons (Fsp3) is 0.400. The minimum atomic E-state index is -2.94. The summed E-state index contributed by atoms with van der Waals surface area (Å²) >= 11 is 0. The summed E-state index contributed by atoms with van der Waals surface area (Å²) in [6.45, 7) is -1.74. The molecule has 1 atom stereocenters. The van der Waals surface area contributed by atoms with Gasteiger partial charge in [-0.15, -0.1) is 15.0 Å². The highest BCUT2D eigenvalue weighted by molar-refractivity contribution is 5.69. The van der Waals surface area contributed by atoms with Crippen molar-refractivity contribution in [3.63, 3.8) is 0 Å². The largest absolute Gasteiger partial charge is 0.486 e. The van der Waals surface area contributed by atoms with Crippen LogP contribution in [0.5, 0.6) is 11.5 Å². The van der Waals surface area contributed by atoms with Crippen LogP contribution in [0.15, 0.2) is 67.0 Å². The van der Waals surface area contributed by atoms with Crippen molar-refractivity contribution in [2.75, 3.05) is 11.5 Å². The molecule has 1 aliphatic heterocycles. The zero-order valence-corrected chi connectivity index (χ0v) is 22.6. The van der Waals surface area contributed by atoms with Crippen LogP contribution in [0.25, 0.3) is 11.4 Å². The number of alkyl halides is 2. The molecule has 2 aromatic heterocycles. The van der Waals surface area contributed by atoms with Crippen LogP contribution in [-0.2, 0) is 11.3 Å². The molecule has 4 aromatic rings. The Morgan fingerprint density at radius 1 is 0.951 bits per heavy atom. The summed E-state index contributed by atoms with van der Waals surface area (Å²) in [6, 6.07) is 16.8. The van der Waals surface area contributed by atoms with E-state index in [2.05, 4.69) is 25.3 Å². The van der Waals surface area contributed by atoms with Crippen LogP contribution in [0, 0.1) is 0 Å². The number of benzene rings is 2. The van der Waals surface area contributed by atoms with Crippen LogP contribution in [0.3, 0.4) is 0 Å². The van der Waals surface area contributed by atoms with E-state index < -0.39 is 6.61 Å². The number of aromatic nitrogens is 5. The van der Waals surface area contributed by atoms with Gasteiger partial charge in [0.15, 0.2) is 17.7 Å². The summed E-state index contributed by atoms with van der Waals surface area (Å²) in [6.07, 6.45) is 10.2. The van der Waals surface area contributed by atoms with Gasteiger partial charge in [-0.2, -0.15) is 8.78 Å². The van der Waals surface area contributed by atoms with Crippen molar-refractivity contribution in [1.29, 1.82) is 0 Å². The Morgan fingerprint density at radius 2 is 1.76 bits per heavy atom. The molecule has 0 N–H and O–H groups in total. The summed E-state index contributed by atoms with van der Waals surface area (Å²) in [4.78, 5) is 7.89. The lowest BCUT2D eigenvalue weighted by Gasteiger charge is -2.27. The highest BCUT2D eigenvalue weighted by Crippen LogP contribution is 2.39. The number of rotatable bonds is 10. The lowest BCUT2D eigenvalue weighted by Crippen LogP contribution is -2.20. The molecule has 214 valence electrons. The molecule has 1 saturated carbocycles. The Bertz CT molecular complexity index is 1410. The van der Waals surface area contributed by atoms with E-state index in [9.17, 15) is 8.78 Å². The van der Waals surface area contributed by atoms with Crippen LogP contribution < -0.4 is 14.4 Å². The molecule has 41 heavy (non-hydrogen) atoms. The van der Waals surface area contributed by atoms with Crippen LogP contribution >= 0.6 is 0 Å². The monoisotopic (exact) mass is 562 g/mol. The molecular formula is C30H32F2N6O3. The predicted molar refractivity (Wildman–Crippen MR) is 148 cm³/mol. The van der Waals surface area contributed by atoms with Crippen molar-refractivity contribution in [2.24, 2.45) is 0 Å². The summed E-state index contributed by atoms with van der Waals surface area (Å²) in [5.41, 5.74) is 3.47. The van der Waals surface area contributed by atoms with Gasteiger partial charge in [0.2, 0.25) is 5.82 Å². The number of anilines is 2. The van der Waals surface area contributed by atoms with Crippen LogP contribution in [-0.4, -0.2) is 44.5 Å². The van der Waals surface area contributed by atoms with Gasteiger partial charge >= 0.3 is 6.61 Å². The fourth-order valence-corrected chi connectivity index (χ4v) is 5.30. The number of hydrogen-bond donors (Lipinski definition) is 0. The van der Waals surface area contributed by atoms with E-state index >= 15 is 0 Å². The molecule has 1 saturated heterocycles. The van der Waals surface area contributed by atoms with Gasteiger partial charge in [0.05, 0.1) is 6.10 Å². The van der Waals surface area contributed by atoms with Crippen LogP contribution in [0.1, 0.15) is 56.7 Å². The Balaban J connectivity index is 1.30. The quantitative estimate of drug-likeness (QED) is 0.211. The minimum Gasteiger partial charge on any atom is -0.486 e. The number of halogens is 2. The topological polar surface area (TPSA) is 87.4 Å². The number of pyridine rings is 1. The lowest BCUT2D eigenvalue weighted by atomic mass is 10.1. The average Bonchev–Trinajstić information content (AvgIpc) is 3.71. The van der Waals surface area contributed by atoms with Crippen molar-refractivity contribution in [3.05, 3.63) is 72.6 Å². The van der Waals surface area contributed by atoms with E-state index in [1.165, 1.54) is 0 Å². The summed E-state index contributed by atoms with van der Waals surface area (Å²) in [7, 11) is 0. The molecule has 6 rings (SSSR count). The number of ether oxygens (including phenoxy) is 3. The second kappa shape index (κ2) is 12.6. The van der Waals surface area contributed by atoms with Crippen LogP contribution in [0.4, 0.5) is 20.2 Å². The molecular weight excluding hydrogens is 530 g/mol. The third kappa shape index (κ3) is 6.62. The van der Waals surface area contributed by atoms with E-state index in [1.54, 1.807) is 35.4 Å². The minimum absolute atomic E-state index is 0.0174. The number of nitrogens with zero attached hydrogens (tertiary/aromatic N) is 6. The summed E-state index contributed by atoms with van der Waals surface area (Å²) < 4.78 is 43.1. The van der Waals surface area contributed by atoms with E-state index in [0.29, 0.717) is 24.7 Å². The molecule has 9 nitrogen and oxygen atoms in total. The molecule has 1 unspecified atom stereocenters. The standard InChI is InChI=1S/C30H32F2N6O3/c31-30(32)41-26-15-14-24(18-27(26)40-25-7-1-2-8-25)37(20-21-6-5-16-33-19-21)23-12-10-22(11-13-23)29-34-36-38(35-29)28-9-3-4-17-39-28/h5-6,10-16,18-19,25,28,30H,1-4,7-9,17,20H2. The van der Waals surface area contributed by atoms with Gasteiger partial charge in [0, 0.05) is 48.5 Å². The first-order chi connectivity index (χ1) is 20.1. The van der Waals surface area contributed by atoms with E-state index in [0.717, 1.165) is 67.4 Å². The van der Waals surface area contributed by atoms with Gasteiger partial charge in [-0.05, 0) is 98.2 Å². The third-order valence-corrected chi connectivity index (χ3v) is 7.39. The average molecular weight is 563 g/mol. The van der Waals surface area contributed by atoms with Gasteiger partial charge in [-0.1, -0.05) is 6.07 Å². The van der Waals surface area contributed by atoms with Gasteiger partial charge in [-0.3, -0.25) is 4.98 Å². The van der Waals surface area contributed by atoms with Crippen molar-refractivity contribution in [1.82, 2.24) is 25.2 Å². The SMILES string of the molecule is FC(F)Oc1ccc(N(Cc2cccnc2)c2ccc(-c3nnn(C4CCCCO4)n3)cc2)cc1OC1CCCC1. The van der Waals surface area contributed by atoms with Gasteiger partial charge in [0.25, 0.3) is 0 Å². The van der Waals surface area contributed by atoms with Crippen molar-refractivity contribution < 1.29 is 23.0 Å². The van der Waals surface area contributed by atoms with Gasteiger partial charge < -0.3 is 19.1 Å².